The van der Waals surface area contributed by atoms with Gasteiger partial charge >= 0.3 is 0 Å². The van der Waals surface area contributed by atoms with Crippen LogP contribution in [0.15, 0.2) is 59.4 Å². The summed E-state index contributed by atoms with van der Waals surface area (Å²) in [6.45, 7) is 0. The van der Waals surface area contributed by atoms with E-state index in [0.717, 1.165) is 11.1 Å². The fourth-order valence-corrected chi connectivity index (χ4v) is 2.22. The van der Waals surface area contributed by atoms with Gasteiger partial charge in [-0.15, -0.1) is 10.2 Å². The molecule has 1 aliphatic rings. The number of allylic oxidation sites excluding steroid dienone is 4. The molecule has 20 heavy (non-hydrogen) atoms. The largest absolute Gasteiger partial charge is 0.270 e. The number of H-pyrrole nitrogens is 1. The summed E-state index contributed by atoms with van der Waals surface area (Å²) in [6, 6.07) is 11.4. The van der Waals surface area contributed by atoms with Gasteiger partial charge in [0.15, 0.2) is 11.5 Å². The molecule has 5 heteroatoms. The standard InChI is InChI=1S/C15H10N4O/c20-15-12(10-7-4-8-10)9-13-16-17-14(19(13)18-15)11-5-2-1-3-6-11/h1-9H,(H,18,20). The van der Waals surface area contributed by atoms with E-state index in [1.807, 2.05) is 48.6 Å². The minimum absolute atomic E-state index is 0.148. The van der Waals surface area contributed by atoms with Crippen molar-refractivity contribution in [2.45, 2.75) is 0 Å². The summed E-state index contributed by atoms with van der Waals surface area (Å²) in [4.78, 5) is 12.1. The van der Waals surface area contributed by atoms with Gasteiger partial charge in [-0.1, -0.05) is 48.6 Å². The second kappa shape index (κ2) is 4.03. The van der Waals surface area contributed by atoms with Crippen molar-refractivity contribution in [3.8, 4) is 11.4 Å². The lowest BCUT2D eigenvalue weighted by Gasteiger charge is -2.07. The maximum atomic E-state index is 12.1. The molecule has 0 unspecified atom stereocenters. The first-order valence-corrected chi connectivity index (χ1v) is 6.25. The molecular formula is C15H10N4O. The first-order chi connectivity index (χ1) is 9.83. The molecule has 3 aromatic rings. The van der Waals surface area contributed by atoms with E-state index >= 15 is 0 Å². The molecule has 96 valence electrons. The maximum absolute atomic E-state index is 12.1. The number of hydrogen-bond acceptors (Lipinski definition) is 3. The summed E-state index contributed by atoms with van der Waals surface area (Å²) < 4.78 is 1.62. The van der Waals surface area contributed by atoms with E-state index in [1.165, 1.54) is 0 Å². The minimum Gasteiger partial charge on any atom is -0.267 e. The first-order valence-electron chi connectivity index (χ1n) is 6.25. The highest BCUT2D eigenvalue weighted by molar-refractivity contribution is 5.81. The van der Waals surface area contributed by atoms with Crippen LogP contribution in [0.1, 0.15) is 5.56 Å². The molecule has 0 saturated heterocycles. The molecule has 0 saturated carbocycles. The molecule has 0 atom stereocenters. The van der Waals surface area contributed by atoms with Crippen LogP contribution in [0.4, 0.5) is 0 Å². The lowest BCUT2D eigenvalue weighted by Crippen LogP contribution is -2.16. The highest BCUT2D eigenvalue weighted by atomic mass is 16.1. The van der Waals surface area contributed by atoms with Crippen LogP contribution in [-0.2, 0) is 0 Å². The lowest BCUT2D eigenvalue weighted by molar-refractivity contribution is 0.901. The van der Waals surface area contributed by atoms with Crippen LogP contribution in [0.2, 0.25) is 0 Å². The summed E-state index contributed by atoms with van der Waals surface area (Å²) in [5, 5.41) is 11.1. The van der Waals surface area contributed by atoms with E-state index < -0.39 is 0 Å². The summed E-state index contributed by atoms with van der Waals surface area (Å²) >= 11 is 0. The molecular weight excluding hydrogens is 252 g/mol. The van der Waals surface area contributed by atoms with Crippen molar-refractivity contribution >= 4 is 11.2 Å². The molecule has 0 bridgehead atoms. The van der Waals surface area contributed by atoms with Crippen molar-refractivity contribution in [3.63, 3.8) is 0 Å². The topological polar surface area (TPSA) is 63.0 Å². The zero-order chi connectivity index (χ0) is 13.5. The van der Waals surface area contributed by atoms with Crippen LogP contribution in [0.25, 0.3) is 22.6 Å². The van der Waals surface area contributed by atoms with Crippen molar-refractivity contribution in [3.05, 3.63) is 70.5 Å². The Labute approximate surface area is 113 Å². The highest BCUT2D eigenvalue weighted by Crippen LogP contribution is 2.21. The van der Waals surface area contributed by atoms with Gasteiger partial charge in [0.25, 0.3) is 5.56 Å². The predicted octanol–water partition coefficient (Wildman–Crippen LogP) is 2.04. The molecule has 0 fully saturated rings. The molecule has 0 spiro atoms. The van der Waals surface area contributed by atoms with Gasteiger partial charge < -0.3 is 0 Å². The molecule has 4 rings (SSSR count). The van der Waals surface area contributed by atoms with Crippen molar-refractivity contribution in [2.24, 2.45) is 0 Å². The van der Waals surface area contributed by atoms with E-state index in [2.05, 4.69) is 15.3 Å². The van der Waals surface area contributed by atoms with E-state index in [4.69, 9.17) is 0 Å². The maximum Gasteiger partial charge on any atom is 0.270 e. The quantitative estimate of drug-likeness (QED) is 0.768. The molecule has 0 radical (unpaired) electrons. The molecule has 0 aliphatic heterocycles. The minimum atomic E-state index is -0.148. The van der Waals surface area contributed by atoms with Gasteiger partial charge in [0.1, 0.15) is 0 Å². The van der Waals surface area contributed by atoms with Gasteiger partial charge in [-0.05, 0) is 11.6 Å². The second-order valence-electron chi connectivity index (χ2n) is 4.56. The third kappa shape index (κ3) is 1.53. The van der Waals surface area contributed by atoms with Crippen molar-refractivity contribution in [1.29, 1.82) is 0 Å². The number of rotatable bonds is 2. The number of hydrogen-bond donors (Lipinski definition) is 1. The SMILES string of the molecule is O=c1[nH]n2c(-c3ccccc3)nnc2cc1C1=CC=C1. The summed E-state index contributed by atoms with van der Waals surface area (Å²) in [6.07, 6.45) is 5.70. The Morgan fingerprint density at radius 1 is 1.10 bits per heavy atom. The molecule has 0 amide bonds. The van der Waals surface area contributed by atoms with Gasteiger partial charge in [-0.25, -0.2) is 4.52 Å². The van der Waals surface area contributed by atoms with E-state index in [0.29, 0.717) is 17.0 Å². The molecule has 2 aromatic heterocycles. The zero-order valence-electron chi connectivity index (χ0n) is 10.4. The second-order valence-corrected chi connectivity index (χ2v) is 4.56. The Morgan fingerprint density at radius 2 is 1.90 bits per heavy atom. The summed E-state index contributed by atoms with van der Waals surface area (Å²) in [5.74, 6) is 0.627. The Morgan fingerprint density at radius 3 is 2.60 bits per heavy atom. The fourth-order valence-electron chi connectivity index (χ4n) is 2.22. The molecule has 1 N–H and O–H groups in total. The van der Waals surface area contributed by atoms with Gasteiger partial charge in [-0.2, -0.15) is 0 Å². The van der Waals surface area contributed by atoms with Crippen LogP contribution in [-0.4, -0.2) is 19.8 Å². The number of aromatic nitrogens is 4. The number of nitrogens with one attached hydrogen (secondary N) is 1. The van der Waals surface area contributed by atoms with E-state index in [-0.39, 0.29) is 5.56 Å². The highest BCUT2D eigenvalue weighted by Gasteiger charge is 2.13. The Bertz CT molecular complexity index is 916. The Kier molecular flexibility index (Phi) is 2.20. The van der Waals surface area contributed by atoms with E-state index in [1.54, 1.807) is 10.6 Å². The van der Waals surface area contributed by atoms with Gasteiger partial charge in [0.05, 0.1) is 5.56 Å². The normalized spacial score (nSPS) is 13.3. The Hall–Kier alpha value is -2.95. The van der Waals surface area contributed by atoms with Crippen molar-refractivity contribution in [1.82, 2.24) is 19.8 Å². The third-order valence-corrected chi connectivity index (χ3v) is 3.31. The number of fused-ring (bicyclic) bond motifs is 1. The summed E-state index contributed by atoms with van der Waals surface area (Å²) in [5.41, 5.74) is 2.92. The number of aromatic amines is 1. The van der Waals surface area contributed by atoms with Crippen LogP contribution >= 0.6 is 0 Å². The third-order valence-electron chi connectivity index (χ3n) is 3.31. The molecule has 5 nitrogen and oxygen atoms in total. The average Bonchev–Trinajstić information content (AvgIpc) is 2.81. The van der Waals surface area contributed by atoms with Crippen LogP contribution in [0, 0.1) is 0 Å². The monoisotopic (exact) mass is 262 g/mol. The predicted molar refractivity (Wildman–Crippen MR) is 76.2 cm³/mol. The zero-order valence-corrected chi connectivity index (χ0v) is 10.4. The lowest BCUT2D eigenvalue weighted by atomic mass is 10.0. The van der Waals surface area contributed by atoms with Crippen LogP contribution < -0.4 is 5.56 Å². The molecule has 1 aliphatic carbocycles. The smallest absolute Gasteiger partial charge is 0.267 e. The summed E-state index contributed by atoms with van der Waals surface area (Å²) in [7, 11) is 0. The Balaban J connectivity index is 1.94. The average molecular weight is 262 g/mol. The van der Waals surface area contributed by atoms with Crippen molar-refractivity contribution in [2.75, 3.05) is 0 Å². The van der Waals surface area contributed by atoms with Gasteiger partial charge in [0, 0.05) is 5.56 Å². The van der Waals surface area contributed by atoms with E-state index in [9.17, 15) is 4.79 Å². The first kappa shape index (κ1) is 10.9. The van der Waals surface area contributed by atoms with Gasteiger partial charge in [-0.3, -0.25) is 9.89 Å². The van der Waals surface area contributed by atoms with Crippen LogP contribution in [0.3, 0.4) is 0 Å². The van der Waals surface area contributed by atoms with Crippen LogP contribution in [0.5, 0.6) is 0 Å². The fraction of sp³-hybridized carbons (Fsp3) is 0. The molecule has 1 aromatic carbocycles. The number of nitrogens with zero attached hydrogens (tertiary/aromatic N) is 3. The number of benzene rings is 1. The van der Waals surface area contributed by atoms with Gasteiger partial charge in [0.2, 0.25) is 0 Å². The van der Waals surface area contributed by atoms with Crippen molar-refractivity contribution < 1.29 is 0 Å². The molecule has 2 heterocycles.